The minimum absolute atomic E-state index is 0.0816. The number of aromatic nitrogens is 3. The number of ketones is 1. The van der Waals surface area contributed by atoms with Gasteiger partial charge in [-0.2, -0.15) is 4.98 Å². The Hall–Kier alpha value is -3.62. The van der Waals surface area contributed by atoms with Crippen molar-refractivity contribution in [2.75, 3.05) is 50.2 Å². The van der Waals surface area contributed by atoms with Crippen molar-refractivity contribution in [1.82, 2.24) is 15.1 Å². The summed E-state index contributed by atoms with van der Waals surface area (Å²) in [5.41, 5.74) is 2.85. The summed E-state index contributed by atoms with van der Waals surface area (Å²) >= 11 is 0. The van der Waals surface area contributed by atoms with Gasteiger partial charge in [0.25, 0.3) is 0 Å². The van der Waals surface area contributed by atoms with Gasteiger partial charge in [-0.3, -0.25) is 9.78 Å². The van der Waals surface area contributed by atoms with Crippen LogP contribution in [0.1, 0.15) is 25.0 Å². The fraction of sp³-hybridized carbons (Fsp3) is 0.440. The number of ether oxygens (including phenoxy) is 2. The number of nitrogens with zero attached hydrogens (tertiary/aromatic N) is 5. The third kappa shape index (κ3) is 4.42. The van der Waals surface area contributed by atoms with Crippen LogP contribution in [0.3, 0.4) is 0 Å². The SMILES string of the molecule is COc1cc(OC)cc(-c2noc(N3CC(=O)CC4(CCN(c5ccnc(C)c5)CC4)C3)n2)c1. The molecule has 9 heteroatoms. The van der Waals surface area contributed by atoms with Crippen molar-refractivity contribution in [2.24, 2.45) is 5.41 Å². The molecule has 0 unspecified atom stereocenters. The van der Waals surface area contributed by atoms with Crippen molar-refractivity contribution in [3.8, 4) is 22.9 Å². The summed E-state index contributed by atoms with van der Waals surface area (Å²) in [6.07, 6.45) is 4.32. The van der Waals surface area contributed by atoms with Crippen molar-refractivity contribution in [3.63, 3.8) is 0 Å². The molecule has 0 radical (unpaired) electrons. The van der Waals surface area contributed by atoms with Crippen LogP contribution in [0.2, 0.25) is 0 Å². The van der Waals surface area contributed by atoms with E-state index >= 15 is 0 Å². The van der Waals surface area contributed by atoms with Gasteiger partial charge in [0, 0.05) is 55.3 Å². The molecule has 1 aromatic carbocycles. The van der Waals surface area contributed by atoms with E-state index in [1.54, 1.807) is 20.3 Å². The first kappa shape index (κ1) is 22.2. The van der Waals surface area contributed by atoms with Gasteiger partial charge in [-0.15, -0.1) is 0 Å². The summed E-state index contributed by atoms with van der Waals surface area (Å²) in [5, 5.41) is 4.17. The van der Waals surface area contributed by atoms with Gasteiger partial charge in [0.15, 0.2) is 5.78 Å². The van der Waals surface area contributed by atoms with Crippen molar-refractivity contribution in [2.45, 2.75) is 26.2 Å². The van der Waals surface area contributed by atoms with Crippen LogP contribution in [0.15, 0.2) is 41.1 Å². The standard InChI is InChI=1S/C25H29N5O4/c1-17-10-19(4-7-26-17)29-8-5-25(6-9-29)14-20(31)15-30(16-25)24-27-23(28-34-24)18-11-21(32-2)13-22(12-18)33-3/h4,7,10-13H,5-6,8-9,14-16H2,1-3H3. The van der Waals surface area contributed by atoms with Gasteiger partial charge in [-0.05, 0) is 49.4 Å². The normalized spacial score (nSPS) is 17.8. The second-order valence-electron chi connectivity index (χ2n) is 9.22. The van der Waals surface area contributed by atoms with Gasteiger partial charge in [-0.25, -0.2) is 0 Å². The van der Waals surface area contributed by atoms with E-state index in [4.69, 9.17) is 14.0 Å². The summed E-state index contributed by atoms with van der Waals surface area (Å²) in [4.78, 5) is 26.0. The minimum Gasteiger partial charge on any atom is -0.497 e. The van der Waals surface area contributed by atoms with Crippen LogP contribution in [0, 0.1) is 12.3 Å². The molecule has 4 heterocycles. The summed E-state index contributed by atoms with van der Waals surface area (Å²) in [6, 6.07) is 9.99. The Kier molecular flexibility index (Phi) is 5.85. The first-order chi connectivity index (χ1) is 16.5. The number of methoxy groups -OCH3 is 2. The molecular formula is C25H29N5O4. The molecule has 3 aromatic rings. The van der Waals surface area contributed by atoms with E-state index in [1.807, 2.05) is 30.2 Å². The van der Waals surface area contributed by atoms with Crippen molar-refractivity contribution in [1.29, 1.82) is 0 Å². The first-order valence-electron chi connectivity index (χ1n) is 11.5. The van der Waals surface area contributed by atoms with Crippen LogP contribution in [-0.4, -0.2) is 61.3 Å². The monoisotopic (exact) mass is 463 g/mol. The second-order valence-corrected chi connectivity index (χ2v) is 9.22. The van der Waals surface area contributed by atoms with Crippen LogP contribution in [-0.2, 0) is 4.79 Å². The summed E-state index contributed by atoms with van der Waals surface area (Å²) < 4.78 is 16.3. The molecular weight excluding hydrogens is 434 g/mol. The Labute approximate surface area is 198 Å². The number of benzene rings is 1. The molecule has 2 saturated heterocycles. The van der Waals surface area contributed by atoms with Crippen LogP contribution in [0.5, 0.6) is 11.5 Å². The lowest BCUT2D eigenvalue weighted by molar-refractivity contribution is -0.122. The Morgan fingerprint density at radius 3 is 2.44 bits per heavy atom. The van der Waals surface area contributed by atoms with Crippen LogP contribution in [0.25, 0.3) is 11.4 Å². The number of aryl methyl sites for hydroxylation is 1. The molecule has 1 spiro atoms. The molecule has 0 amide bonds. The van der Waals surface area contributed by atoms with E-state index in [2.05, 4.69) is 32.2 Å². The third-order valence-corrected chi connectivity index (χ3v) is 6.83. The molecule has 0 saturated carbocycles. The molecule has 2 fully saturated rings. The largest absolute Gasteiger partial charge is 0.497 e. The van der Waals surface area contributed by atoms with E-state index in [0.717, 1.165) is 43.7 Å². The Morgan fingerprint density at radius 2 is 1.76 bits per heavy atom. The maximum absolute atomic E-state index is 12.8. The second kappa shape index (κ2) is 8.96. The molecule has 0 bridgehead atoms. The van der Waals surface area contributed by atoms with Gasteiger partial charge in [-0.1, -0.05) is 5.16 Å². The highest BCUT2D eigenvalue weighted by atomic mass is 16.5. The number of carbonyl (C=O) groups is 1. The number of hydrogen-bond donors (Lipinski definition) is 0. The average molecular weight is 464 g/mol. The lowest BCUT2D eigenvalue weighted by Crippen LogP contribution is -2.53. The summed E-state index contributed by atoms with van der Waals surface area (Å²) in [7, 11) is 3.19. The number of hydrogen-bond acceptors (Lipinski definition) is 9. The fourth-order valence-corrected chi connectivity index (χ4v) is 5.04. The molecule has 0 N–H and O–H groups in total. The average Bonchev–Trinajstić information content (AvgIpc) is 3.34. The zero-order valence-electron chi connectivity index (χ0n) is 19.8. The zero-order valence-corrected chi connectivity index (χ0v) is 19.8. The number of pyridine rings is 1. The van der Waals surface area contributed by atoms with E-state index in [9.17, 15) is 4.79 Å². The lowest BCUT2D eigenvalue weighted by atomic mass is 9.72. The predicted octanol–water partition coefficient (Wildman–Crippen LogP) is 3.52. The van der Waals surface area contributed by atoms with Crippen LogP contribution in [0.4, 0.5) is 11.7 Å². The predicted molar refractivity (Wildman–Crippen MR) is 128 cm³/mol. The summed E-state index contributed by atoms with van der Waals surface area (Å²) in [6.45, 7) is 4.84. The molecule has 2 aliphatic heterocycles. The molecule has 0 aliphatic carbocycles. The van der Waals surface area contributed by atoms with Gasteiger partial charge in [0.2, 0.25) is 5.82 Å². The van der Waals surface area contributed by atoms with Gasteiger partial charge >= 0.3 is 6.01 Å². The molecule has 34 heavy (non-hydrogen) atoms. The Morgan fingerprint density at radius 1 is 1.03 bits per heavy atom. The first-order valence-corrected chi connectivity index (χ1v) is 11.5. The zero-order chi connectivity index (χ0) is 23.7. The summed E-state index contributed by atoms with van der Waals surface area (Å²) in [5.74, 6) is 1.93. The molecule has 9 nitrogen and oxygen atoms in total. The number of rotatable bonds is 5. The highest BCUT2D eigenvalue weighted by Crippen LogP contribution is 2.41. The Bertz CT molecular complexity index is 1160. The van der Waals surface area contributed by atoms with E-state index in [0.29, 0.717) is 29.8 Å². The Balaban J connectivity index is 1.32. The molecule has 2 aliphatic rings. The number of Topliss-reactive ketones (excluding diaryl/α,β-unsaturated/α-hetero) is 1. The number of carbonyl (C=O) groups excluding carboxylic acids is 1. The quantitative estimate of drug-likeness (QED) is 0.563. The van der Waals surface area contributed by atoms with Crippen LogP contribution >= 0.6 is 0 Å². The molecule has 2 aromatic heterocycles. The van der Waals surface area contributed by atoms with Gasteiger partial charge in [0.05, 0.1) is 20.8 Å². The number of anilines is 2. The number of piperidine rings is 2. The van der Waals surface area contributed by atoms with Crippen LogP contribution < -0.4 is 19.3 Å². The van der Waals surface area contributed by atoms with E-state index in [-0.39, 0.29) is 17.7 Å². The van der Waals surface area contributed by atoms with Crippen molar-refractivity contribution < 1.29 is 18.8 Å². The smallest absolute Gasteiger partial charge is 0.324 e. The highest BCUT2D eigenvalue weighted by Gasteiger charge is 2.43. The van der Waals surface area contributed by atoms with E-state index < -0.39 is 0 Å². The maximum atomic E-state index is 12.8. The van der Waals surface area contributed by atoms with Gasteiger partial charge in [0.1, 0.15) is 11.5 Å². The minimum atomic E-state index is -0.0816. The molecule has 178 valence electrons. The highest BCUT2D eigenvalue weighted by molar-refractivity contribution is 5.85. The third-order valence-electron chi connectivity index (χ3n) is 6.83. The van der Waals surface area contributed by atoms with Gasteiger partial charge < -0.3 is 23.8 Å². The maximum Gasteiger partial charge on any atom is 0.324 e. The molecule has 0 atom stereocenters. The lowest BCUT2D eigenvalue weighted by Gasteiger charge is -2.47. The van der Waals surface area contributed by atoms with E-state index in [1.165, 1.54) is 5.69 Å². The topological polar surface area (TPSA) is 93.8 Å². The fourth-order valence-electron chi connectivity index (χ4n) is 5.04. The van der Waals surface area contributed by atoms with Crippen molar-refractivity contribution >= 4 is 17.5 Å². The van der Waals surface area contributed by atoms with Crippen molar-refractivity contribution in [3.05, 3.63) is 42.2 Å². The molecule has 5 rings (SSSR count).